The zero-order valence-electron chi connectivity index (χ0n) is 18.4. The van der Waals surface area contributed by atoms with Crippen molar-refractivity contribution in [2.24, 2.45) is 5.92 Å². The fourth-order valence-corrected chi connectivity index (χ4v) is 4.60. The summed E-state index contributed by atoms with van der Waals surface area (Å²) >= 11 is 0. The Morgan fingerprint density at radius 2 is 1.85 bits per heavy atom. The van der Waals surface area contributed by atoms with Crippen LogP contribution in [0.5, 0.6) is 5.75 Å². The Morgan fingerprint density at radius 1 is 1.09 bits per heavy atom. The molecule has 0 aliphatic carbocycles. The third kappa shape index (κ3) is 4.61. The first kappa shape index (κ1) is 21.6. The zero-order valence-corrected chi connectivity index (χ0v) is 18.4. The number of para-hydroxylation sites is 1. The van der Waals surface area contributed by atoms with Crippen LogP contribution >= 0.6 is 0 Å². The summed E-state index contributed by atoms with van der Waals surface area (Å²) in [6.07, 6.45) is 2.46. The third-order valence-corrected chi connectivity index (χ3v) is 6.52. The molecule has 3 heterocycles. The predicted octanol–water partition coefficient (Wildman–Crippen LogP) is 3.85. The van der Waals surface area contributed by atoms with Crippen molar-refractivity contribution < 1.29 is 20.5 Å². The van der Waals surface area contributed by atoms with Crippen molar-refractivity contribution in [3.63, 3.8) is 0 Å². The summed E-state index contributed by atoms with van der Waals surface area (Å²) in [5, 5.41) is 10.9. The lowest BCUT2D eigenvalue weighted by molar-refractivity contribution is -0.133. The van der Waals surface area contributed by atoms with Gasteiger partial charge in [0.2, 0.25) is 5.91 Å². The lowest BCUT2D eigenvalue weighted by atomic mass is 9.96. The number of halogens is 1. The molecule has 2 aromatic carbocycles. The van der Waals surface area contributed by atoms with Crippen LogP contribution in [-0.2, 0) is 9.53 Å². The van der Waals surface area contributed by atoms with E-state index >= 15 is 0 Å². The van der Waals surface area contributed by atoms with Crippen LogP contribution in [0, 0.1) is 11.7 Å². The molecule has 0 bridgehead atoms. The highest BCUT2D eigenvalue weighted by Gasteiger charge is 2.26. The molecule has 2 aliphatic rings. The predicted molar refractivity (Wildman–Crippen MR) is 126 cm³/mol. The van der Waals surface area contributed by atoms with Crippen molar-refractivity contribution in [2.75, 3.05) is 44.3 Å². The minimum atomic E-state index is -0.354. The average molecular weight is 453 g/mol. The van der Waals surface area contributed by atoms with Crippen molar-refractivity contribution in [2.45, 2.75) is 19.3 Å². The molecule has 1 N–H and O–H groups in total. The second-order valence-electron chi connectivity index (χ2n) is 8.68. The van der Waals surface area contributed by atoms with E-state index in [0.29, 0.717) is 66.6 Å². The normalized spacial score (nSPS) is 17.5. The number of rotatable bonds is 4. The van der Waals surface area contributed by atoms with Gasteiger partial charge in [0.15, 0.2) is 5.82 Å². The largest absolute Gasteiger partial charge is 0.507 e. The van der Waals surface area contributed by atoms with Crippen molar-refractivity contribution in [3.05, 3.63) is 48.3 Å². The molecule has 0 spiro atoms. The number of piperazine rings is 1. The van der Waals surface area contributed by atoms with Crippen LogP contribution in [0.3, 0.4) is 0 Å². The van der Waals surface area contributed by atoms with Gasteiger partial charge < -0.3 is 19.6 Å². The number of carbonyl (C=O) groups is 1. The average Bonchev–Trinajstić information content (AvgIpc) is 2.84. The molecule has 2 aliphatic heterocycles. The van der Waals surface area contributed by atoms with E-state index in [1.54, 1.807) is 24.3 Å². The monoisotopic (exact) mass is 452 g/mol. The molecule has 7 nitrogen and oxygen atoms in total. The van der Waals surface area contributed by atoms with Gasteiger partial charge in [0.1, 0.15) is 17.4 Å². The number of fused-ring (bicyclic) bond motifs is 1. The van der Waals surface area contributed by atoms with E-state index in [9.17, 15) is 14.3 Å². The highest BCUT2D eigenvalue weighted by molar-refractivity contribution is 5.91. The van der Waals surface area contributed by atoms with E-state index in [1.165, 1.54) is 12.1 Å². The van der Waals surface area contributed by atoms with Crippen molar-refractivity contribution in [3.8, 4) is 17.1 Å². The maximum absolute atomic E-state index is 14.1. The molecule has 2 saturated heterocycles. The number of ether oxygens (including phenoxy) is 1. The van der Waals surface area contributed by atoms with Gasteiger partial charge in [-0.05, 0) is 49.1 Å². The first-order valence-electron chi connectivity index (χ1n) is 11.4. The Hall–Kier alpha value is -3.26. The van der Waals surface area contributed by atoms with Crippen molar-refractivity contribution in [1.82, 2.24) is 14.9 Å². The summed E-state index contributed by atoms with van der Waals surface area (Å²) in [5.74, 6) is 1.34. The Labute approximate surface area is 193 Å². The number of anilines is 1. The lowest BCUT2D eigenvalue weighted by Gasteiger charge is -2.36. The van der Waals surface area contributed by atoms with Crippen LogP contribution in [-0.4, -0.2) is 65.3 Å². The zero-order chi connectivity index (χ0) is 22.8. The highest BCUT2D eigenvalue weighted by atomic mass is 19.1. The van der Waals surface area contributed by atoms with Gasteiger partial charge in [0, 0.05) is 52.6 Å². The standard InChI is InChI=1S/C25H27FN4O3.H2/c26-18-5-6-21-20(16-18)25(28-24(27-21)19-3-1-2-4-22(19)31)30-11-9-29(10-12-30)23(32)15-17-7-13-33-14-8-17;/h1-6,16-17,31H,7-15H2;1H. The van der Waals surface area contributed by atoms with Crippen LogP contribution < -0.4 is 4.90 Å². The molecule has 0 saturated carbocycles. The number of hydrogen-bond acceptors (Lipinski definition) is 6. The molecule has 0 unspecified atom stereocenters. The minimum Gasteiger partial charge on any atom is -0.507 e. The van der Waals surface area contributed by atoms with Gasteiger partial charge in [-0.15, -0.1) is 0 Å². The summed E-state index contributed by atoms with van der Waals surface area (Å²) in [6, 6.07) is 11.4. The van der Waals surface area contributed by atoms with Crippen LogP contribution in [0.25, 0.3) is 22.3 Å². The maximum atomic E-state index is 14.1. The maximum Gasteiger partial charge on any atom is 0.222 e. The molecule has 2 fully saturated rings. The molecule has 1 amide bonds. The van der Waals surface area contributed by atoms with Gasteiger partial charge in [0.25, 0.3) is 0 Å². The molecular formula is C25H29FN4O3. The molecular weight excluding hydrogens is 423 g/mol. The number of amides is 1. The first-order valence-corrected chi connectivity index (χ1v) is 11.4. The second-order valence-corrected chi connectivity index (χ2v) is 8.68. The van der Waals surface area contributed by atoms with E-state index < -0.39 is 0 Å². The van der Waals surface area contributed by atoms with Crippen LogP contribution in [0.1, 0.15) is 20.7 Å². The number of aromatic hydroxyl groups is 1. The summed E-state index contributed by atoms with van der Waals surface area (Å²) in [7, 11) is 0. The Kier molecular flexibility index (Phi) is 6.09. The molecule has 33 heavy (non-hydrogen) atoms. The van der Waals surface area contributed by atoms with Crippen LogP contribution in [0.4, 0.5) is 10.2 Å². The van der Waals surface area contributed by atoms with Gasteiger partial charge in [-0.25, -0.2) is 14.4 Å². The van der Waals surface area contributed by atoms with Crippen molar-refractivity contribution in [1.29, 1.82) is 0 Å². The summed E-state index contributed by atoms with van der Waals surface area (Å²) < 4.78 is 19.5. The number of aromatic nitrogens is 2. The van der Waals surface area contributed by atoms with E-state index in [4.69, 9.17) is 9.72 Å². The number of phenolic OH excluding ortho intramolecular Hbond substituents is 1. The Bertz CT molecular complexity index is 1160. The quantitative estimate of drug-likeness (QED) is 0.648. The van der Waals surface area contributed by atoms with E-state index in [0.717, 1.165) is 26.1 Å². The van der Waals surface area contributed by atoms with E-state index in [1.807, 2.05) is 11.0 Å². The first-order chi connectivity index (χ1) is 16.1. The fourth-order valence-electron chi connectivity index (χ4n) is 4.60. The van der Waals surface area contributed by atoms with Crippen LogP contribution in [0.2, 0.25) is 0 Å². The number of hydrogen-bond donors (Lipinski definition) is 1. The minimum absolute atomic E-state index is 0. The van der Waals surface area contributed by atoms with Gasteiger partial charge in [-0.2, -0.15) is 0 Å². The second kappa shape index (κ2) is 9.31. The number of phenols is 1. The number of nitrogens with zero attached hydrogens (tertiary/aromatic N) is 4. The lowest BCUT2D eigenvalue weighted by Crippen LogP contribution is -2.49. The summed E-state index contributed by atoms with van der Waals surface area (Å²) in [4.78, 5) is 26.1. The van der Waals surface area contributed by atoms with Gasteiger partial charge >= 0.3 is 0 Å². The Morgan fingerprint density at radius 3 is 2.61 bits per heavy atom. The van der Waals surface area contributed by atoms with Crippen LogP contribution in [0.15, 0.2) is 42.5 Å². The van der Waals surface area contributed by atoms with Gasteiger partial charge in [-0.3, -0.25) is 4.79 Å². The molecule has 0 atom stereocenters. The van der Waals surface area contributed by atoms with Crippen molar-refractivity contribution >= 4 is 22.6 Å². The molecule has 1 aromatic heterocycles. The topological polar surface area (TPSA) is 78.8 Å². The number of benzene rings is 2. The molecule has 3 aromatic rings. The van der Waals surface area contributed by atoms with Gasteiger partial charge in [0.05, 0.1) is 11.1 Å². The Balaban J connectivity index is 0.00000274. The van der Waals surface area contributed by atoms with E-state index in [2.05, 4.69) is 9.88 Å². The highest BCUT2D eigenvalue weighted by Crippen LogP contribution is 2.32. The summed E-state index contributed by atoms with van der Waals surface area (Å²) in [6.45, 7) is 3.86. The van der Waals surface area contributed by atoms with Gasteiger partial charge in [-0.1, -0.05) is 12.1 Å². The number of carbonyl (C=O) groups excluding carboxylic acids is 1. The fraction of sp³-hybridized carbons (Fsp3) is 0.400. The molecule has 174 valence electrons. The summed E-state index contributed by atoms with van der Waals surface area (Å²) in [5.41, 5.74) is 1.13. The molecule has 0 radical (unpaired) electrons. The third-order valence-electron chi connectivity index (χ3n) is 6.52. The van der Waals surface area contributed by atoms with E-state index in [-0.39, 0.29) is 18.9 Å². The smallest absolute Gasteiger partial charge is 0.222 e. The molecule has 8 heteroatoms. The SMILES string of the molecule is O=C(CC1CCOCC1)N1CCN(c2nc(-c3ccccc3O)nc3ccc(F)cc23)CC1.[HH]. The molecule has 5 rings (SSSR count).